The topological polar surface area (TPSA) is 58.2 Å². The molecule has 1 fully saturated rings. The maximum Gasteiger partial charge on any atom is 0.215 e. The van der Waals surface area contributed by atoms with E-state index in [2.05, 4.69) is 17.0 Å². The van der Waals surface area contributed by atoms with E-state index >= 15 is 0 Å². The van der Waals surface area contributed by atoms with Crippen molar-refractivity contribution in [3.8, 4) is 0 Å². The molecule has 1 saturated carbocycles. The molecule has 0 aromatic heterocycles. The summed E-state index contributed by atoms with van der Waals surface area (Å²) < 4.78 is 26.8. The van der Waals surface area contributed by atoms with Crippen molar-refractivity contribution < 1.29 is 8.42 Å². The average Bonchev–Trinajstić information content (AvgIpc) is 3.27. The first-order valence-corrected chi connectivity index (χ1v) is 10.3. The SMILES string of the molecule is CCCCCCCCCCNS(=O)(=O)C(C)CNC1CC1. The van der Waals surface area contributed by atoms with E-state index in [9.17, 15) is 8.42 Å². The van der Waals surface area contributed by atoms with Crippen LogP contribution in [0.25, 0.3) is 0 Å². The summed E-state index contributed by atoms with van der Waals surface area (Å²) in [5.41, 5.74) is 0. The number of hydrogen-bond acceptors (Lipinski definition) is 3. The maximum absolute atomic E-state index is 12.0. The fraction of sp³-hybridized carbons (Fsp3) is 1.00. The molecule has 1 rings (SSSR count). The minimum Gasteiger partial charge on any atom is -0.313 e. The molecule has 126 valence electrons. The van der Waals surface area contributed by atoms with Crippen LogP contribution < -0.4 is 10.0 Å². The van der Waals surface area contributed by atoms with Gasteiger partial charge in [-0.15, -0.1) is 0 Å². The molecule has 0 radical (unpaired) electrons. The highest BCUT2D eigenvalue weighted by Crippen LogP contribution is 2.18. The highest BCUT2D eigenvalue weighted by molar-refractivity contribution is 7.90. The van der Waals surface area contributed by atoms with Crippen molar-refractivity contribution in [2.75, 3.05) is 13.1 Å². The van der Waals surface area contributed by atoms with Crippen molar-refractivity contribution in [2.45, 2.75) is 89.3 Å². The smallest absolute Gasteiger partial charge is 0.215 e. The van der Waals surface area contributed by atoms with Gasteiger partial charge in [0.25, 0.3) is 0 Å². The Morgan fingerprint density at radius 1 is 1.00 bits per heavy atom. The second-order valence-electron chi connectivity index (χ2n) is 6.41. The molecule has 1 unspecified atom stereocenters. The molecule has 1 aliphatic carbocycles. The molecule has 1 aliphatic rings. The summed E-state index contributed by atoms with van der Waals surface area (Å²) in [4.78, 5) is 0. The van der Waals surface area contributed by atoms with Gasteiger partial charge in [0.05, 0.1) is 5.25 Å². The molecular weight excluding hydrogens is 284 g/mol. The third kappa shape index (κ3) is 9.48. The quantitative estimate of drug-likeness (QED) is 0.484. The van der Waals surface area contributed by atoms with Crippen molar-refractivity contribution in [1.29, 1.82) is 0 Å². The Bertz CT molecular complexity index is 353. The van der Waals surface area contributed by atoms with Crippen LogP contribution in [0, 0.1) is 0 Å². The lowest BCUT2D eigenvalue weighted by Crippen LogP contribution is -2.39. The molecule has 0 aromatic rings. The molecule has 0 bridgehead atoms. The van der Waals surface area contributed by atoms with Crippen LogP contribution in [0.5, 0.6) is 0 Å². The molecule has 0 spiro atoms. The Morgan fingerprint density at radius 2 is 1.57 bits per heavy atom. The predicted octanol–water partition coefficient (Wildman–Crippen LogP) is 3.19. The number of rotatable bonds is 14. The van der Waals surface area contributed by atoms with Crippen LogP contribution in [0.4, 0.5) is 0 Å². The van der Waals surface area contributed by atoms with Crippen molar-refractivity contribution in [2.24, 2.45) is 0 Å². The minimum absolute atomic E-state index is 0.341. The molecular formula is C16H34N2O2S. The van der Waals surface area contributed by atoms with Gasteiger partial charge in [0, 0.05) is 19.1 Å². The zero-order chi connectivity index (χ0) is 15.6. The molecule has 0 saturated heterocycles. The Balaban J connectivity index is 1.96. The largest absolute Gasteiger partial charge is 0.313 e. The lowest BCUT2D eigenvalue weighted by atomic mass is 10.1. The third-order valence-corrected chi connectivity index (χ3v) is 5.97. The molecule has 0 aromatic carbocycles. The van der Waals surface area contributed by atoms with E-state index in [4.69, 9.17) is 0 Å². The van der Waals surface area contributed by atoms with E-state index in [0.717, 1.165) is 12.8 Å². The molecule has 2 N–H and O–H groups in total. The highest BCUT2D eigenvalue weighted by Gasteiger charge is 2.25. The van der Waals surface area contributed by atoms with Gasteiger partial charge in [-0.2, -0.15) is 0 Å². The van der Waals surface area contributed by atoms with E-state index in [-0.39, 0.29) is 5.25 Å². The average molecular weight is 319 g/mol. The Labute approximate surface area is 131 Å². The van der Waals surface area contributed by atoms with Crippen LogP contribution in [0.15, 0.2) is 0 Å². The maximum atomic E-state index is 12.0. The van der Waals surface area contributed by atoms with E-state index in [1.54, 1.807) is 6.92 Å². The van der Waals surface area contributed by atoms with Crippen LogP contribution in [0.3, 0.4) is 0 Å². The van der Waals surface area contributed by atoms with Gasteiger partial charge in [-0.3, -0.25) is 0 Å². The first-order chi connectivity index (χ1) is 10.1. The van der Waals surface area contributed by atoms with Crippen LogP contribution >= 0.6 is 0 Å². The third-order valence-electron chi connectivity index (χ3n) is 4.13. The molecule has 4 nitrogen and oxygen atoms in total. The van der Waals surface area contributed by atoms with Gasteiger partial charge < -0.3 is 5.32 Å². The molecule has 1 atom stereocenters. The van der Waals surface area contributed by atoms with Crippen LogP contribution in [-0.4, -0.2) is 32.8 Å². The second kappa shape index (κ2) is 10.6. The fourth-order valence-electron chi connectivity index (χ4n) is 2.35. The van der Waals surface area contributed by atoms with Gasteiger partial charge in [-0.1, -0.05) is 51.9 Å². The van der Waals surface area contributed by atoms with Gasteiger partial charge in [0.1, 0.15) is 0 Å². The summed E-state index contributed by atoms with van der Waals surface area (Å²) in [6.07, 6.45) is 12.3. The summed E-state index contributed by atoms with van der Waals surface area (Å²) >= 11 is 0. The van der Waals surface area contributed by atoms with Gasteiger partial charge in [-0.25, -0.2) is 13.1 Å². The van der Waals surface area contributed by atoms with Crippen LogP contribution in [0.2, 0.25) is 0 Å². The molecule has 21 heavy (non-hydrogen) atoms. The first-order valence-electron chi connectivity index (χ1n) is 8.78. The van der Waals surface area contributed by atoms with Gasteiger partial charge in [-0.05, 0) is 26.2 Å². The Morgan fingerprint density at radius 3 is 2.14 bits per heavy atom. The monoisotopic (exact) mass is 318 g/mol. The summed E-state index contributed by atoms with van der Waals surface area (Å²) in [6, 6.07) is 0.565. The number of sulfonamides is 1. The normalized spacial score (nSPS) is 17.0. The Hall–Kier alpha value is -0.130. The van der Waals surface area contributed by atoms with Crippen molar-refractivity contribution in [1.82, 2.24) is 10.0 Å². The van der Waals surface area contributed by atoms with E-state index in [1.807, 2.05) is 0 Å². The minimum atomic E-state index is -3.15. The van der Waals surface area contributed by atoms with Crippen molar-refractivity contribution in [3.63, 3.8) is 0 Å². The molecule has 0 heterocycles. The zero-order valence-corrected chi connectivity index (χ0v) is 14.7. The summed E-state index contributed by atoms with van der Waals surface area (Å²) in [7, 11) is -3.15. The van der Waals surface area contributed by atoms with E-state index < -0.39 is 10.0 Å². The highest BCUT2D eigenvalue weighted by atomic mass is 32.2. The lowest BCUT2D eigenvalue weighted by Gasteiger charge is -2.14. The summed E-state index contributed by atoms with van der Waals surface area (Å²) in [6.45, 7) is 5.17. The van der Waals surface area contributed by atoms with Gasteiger partial charge >= 0.3 is 0 Å². The predicted molar refractivity (Wildman–Crippen MR) is 90.0 cm³/mol. The van der Waals surface area contributed by atoms with Crippen molar-refractivity contribution >= 4 is 10.0 Å². The molecule has 0 amide bonds. The van der Waals surface area contributed by atoms with E-state index in [0.29, 0.717) is 19.1 Å². The summed E-state index contributed by atoms with van der Waals surface area (Å²) in [5.74, 6) is 0. The fourth-order valence-corrected chi connectivity index (χ4v) is 3.37. The van der Waals surface area contributed by atoms with Crippen LogP contribution in [-0.2, 0) is 10.0 Å². The standard InChI is InChI=1S/C16H34N2O2S/c1-3-4-5-6-7-8-9-10-13-18-21(19,20)15(2)14-17-16-11-12-16/h15-18H,3-14H2,1-2H3. The number of nitrogens with one attached hydrogen (secondary N) is 2. The van der Waals surface area contributed by atoms with Crippen LogP contribution in [0.1, 0.15) is 78.1 Å². The number of hydrogen-bond donors (Lipinski definition) is 2. The number of unbranched alkanes of at least 4 members (excludes halogenated alkanes) is 7. The first kappa shape index (κ1) is 18.9. The van der Waals surface area contributed by atoms with Crippen molar-refractivity contribution in [3.05, 3.63) is 0 Å². The Kier molecular flexibility index (Phi) is 9.52. The summed E-state index contributed by atoms with van der Waals surface area (Å²) in [5, 5.41) is 2.94. The van der Waals surface area contributed by atoms with Gasteiger partial charge in [0.15, 0.2) is 0 Å². The lowest BCUT2D eigenvalue weighted by molar-refractivity contribution is 0.545. The molecule has 5 heteroatoms. The zero-order valence-electron chi connectivity index (χ0n) is 13.9. The second-order valence-corrected chi connectivity index (χ2v) is 8.59. The van der Waals surface area contributed by atoms with Gasteiger partial charge in [0.2, 0.25) is 10.0 Å². The molecule has 0 aliphatic heterocycles. The van der Waals surface area contributed by atoms with E-state index in [1.165, 1.54) is 51.4 Å².